The molecule has 13 heavy (non-hydrogen) atoms. The minimum absolute atomic E-state index is 0.304. The Balaban J connectivity index is 2.50. The molecular weight excluding hydrogens is 168 g/mol. The smallest absolute Gasteiger partial charge is 0.208 e. The Morgan fingerprint density at radius 2 is 2.54 bits per heavy atom. The van der Waals surface area contributed by atoms with Gasteiger partial charge in [0.1, 0.15) is 0 Å². The van der Waals surface area contributed by atoms with E-state index in [0.29, 0.717) is 6.10 Å². The number of nitrogens with zero attached hydrogens (tertiary/aromatic N) is 2. The third-order valence-electron chi connectivity index (χ3n) is 2.23. The number of rotatable bonds is 1. The average molecular weight is 186 g/mol. The molecule has 3 N–H and O–H groups in total. The molecule has 0 aromatic heterocycles. The number of guanidine groups is 1. The van der Waals surface area contributed by atoms with E-state index < -0.39 is 0 Å². The lowest BCUT2D eigenvalue weighted by atomic mass is 10.2. The molecule has 0 saturated carbocycles. The molecule has 0 amide bonds. The summed E-state index contributed by atoms with van der Waals surface area (Å²) in [6, 6.07) is 0. The number of aliphatic imine (C=N–C) groups is 1. The Morgan fingerprint density at radius 1 is 1.77 bits per heavy atom. The molecule has 0 radical (unpaired) electrons. The van der Waals surface area contributed by atoms with Crippen LogP contribution in [-0.2, 0) is 4.74 Å². The van der Waals surface area contributed by atoms with Crippen molar-refractivity contribution in [3.8, 4) is 0 Å². The molecule has 1 aliphatic rings. The van der Waals surface area contributed by atoms with Gasteiger partial charge in [-0.05, 0) is 6.42 Å². The van der Waals surface area contributed by atoms with E-state index in [0.717, 1.165) is 32.1 Å². The van der Waals surface area contributed by atoms with Crippen LogP contribution in [0.2, 0.25) is 0 Å². The second kappa shape index (κ2) is 5.04. The van der Waals surface area contributed by atoms with Gasteiger partial charge in [0, 0.05) is 20.1 Å². The van der Waals surface area contributed by atoms with Crippen LogP contribution in [0, 0.1) is 0 Å². The second-order valence-electron chi connectivity index (χ2n) is 3.04. The number of hydrogen-bond acceptors (Lipinski definition) is 3. The van der Waals surface area contributed by atoms with Gasteiger partial charge in [-0.15, -0.1) is 0 Å². The summed E-state index contributed by atoms with van der Waals surface area (Å²) in [5.74, 6) is 6.08. The minimum Gasteiger partial charge on any atom is -0.375 e. The zero-order valence-corrected chi connectivity index (χ0v) is 8.29. The SMILES string of the molecule is CCC1CN(C(=NC)NN)CCO1. The molecular formula is C8H18N4O. The van der Waals surface area contributed by atoms with E-state index in [4.69, 9.17) is 10.6 Å². The summed E-state index contributed by atoms with van der Waals surface area (Å²) in [6.07, 6.45) is 1.33. The lowest BCUT2D eigenvalue weighted by molar-refractivity contribution is -0.00806. The molecule has 5 nitrogen and oxygen atoms in total. The molecule has 0 aromatic rings. The van der Waals surface area contributed by atoms with E-state index in [1.165, 1.54) is 0 Å². The highest BCUT2D eigenvalue weighted by Crippen LogP contribution is 2.07. The summed E-state index contributed by atoms with van der Waals surface area (Å²) in [6.45, 7) is 4.59. The maximum atomic E-state index is 5.53. The van der Waals surface area contributed by atoms with Crippen molar-refractivity contribution in [1.29, 1.82) is 0 Å². The van der Waals surface area contributed by atoms with Crippen molar-refractivity contribution in [3.63, 3.8) is 0 Å². The molecule has 0 aromatic carbocycles. The fourth-order valence-corrected chi connectivity index (χ4v) is 1.46. The predicted octanol–water partition coefficient (Wildman–Crippen LogP) is -0.454. The van der Waals surface area contributed by atoms with Crippen molar-refractivity contribution in [2.45, 2.75) is 19.4 Å². The number of hydrazine groups is 1. The monoisotopic (exact) mass is 186 g/mol. The quantitative estimate of drug-likeness (QED) is 0.252. The number of ether oxygens (including phenoxy) is 1. The van der Waals surface area contributed by atoms with Crippen molar-refractivity contribution in [2.75, 3.05) is 26.7 Å². The summed E-state index contributed by atoms with van der Waals surface area (Å²) < 4.78 is 5.53. The van der Waals surface area contributed by atoms with Crippen LogP contribution in [0.1, 0.15) is 13.3 Å². The molecule has 0 spiro atoms. The molecule has 1 aliphatic heterocycles. The molecule has 1 fully saturated rings. The van der Waals surface area contributed by atoms with E-state index in [9.17, 15) is 0 Å². The van der Waals surface area contributed by atoms with Gasteiger partial charge in [0.15, 0.2) is 0 Å². The molecule has 0 bridgehead atoms. The minimum atomic E-state index is 0.304. The summed E-state index contributed by atoms with van der Waals surface area (Å²) in [4.78, 5) is 6.16. The van der Waals surface area contributed by atoms with Crippen LogP contribution in [0.5, 0.6) is 0 Å². The Kier molecular flexibility index (Phi) is 3.98. The highest BCUT2D eigenvalue weighted by atomic mass is 16.5. The molecule has 1 heterocycles. The Hall–Kier alpha value is -0.810. The van der Waals surface area contributed by atoms with E-state index in [1.807, 2.05) is 0 Å². The van der Waals surface area contributed by atoms with E-state index in [2.05, 4.69) is 22.2 Å². The van der Waals surface area contributed by atoms with Crippen molar-refractivity contribution in [3.05, 3.63) is 0 Å². The molecule has 1 atom stereocenters. The van der Waals surface area contributed by atoms with Gasteiger partial charge in [-0.1, -0.05) is 6.92 Å². The topological polar surface area (TPSA) is 62.9 Å². The zero-order valence-electron chi connectivity index (χ0n) is 8.29. The summed E-state index contributed by atoms with van der Waals surface area (Å²) in [7, 11) is 1.73. The lowest BCUT2D eigenvalue weighted by Crippen LogP contribution is -2.52. The predicted molar refractivity (Wildman–Crippen MR) is 52.3 cm³/mol. The van der Waals surface area contributed by atoms with E-state index in [1.54, 1.807) is 7.05 Å². The summed E-state index contributed by atoms with van der Waals surface area (Å²) in [5, 5.41) is 0. The largest absolute Gasteiger partial charge is 0.375 e. The summed E-state index contributed by atoms with van der Waals surface area (Å²) in [5.41, 5.74) is 2.59. The van der Waals surface area contributed by atoms with Crippen molar-refractivity contribution >= 4 is 5.96 Å². The van der Waals surface area contributed by atoms with Crippen LogP contribution in [0.3, 0.4) is 0 Å². The first-order chi connectivity index (χ1) is 6.31. The van der Waals surface area contributed by atoms with Gasteiger partial charge >= 0.3 is 0 Å². The van der Waals surface area contributed by atoms with Gasteiger partial charge in [-0.3, -0.25) is 10.4 Å². The number of nitrogens with one attached hydrogen (secondary N) is 1. The lowest BCUT2D eigenvalue weighted by Gasteiger charge is -2.33. The van der Waals surface area contributed by atoms with Crippen LogP contribution >= 0.6 is 0 Å². The third-order valence-corrected chi connectivity index (χ3v) is 2.23. The molecule has 1 rings (SSSR count). The van der Waals surface area contributed by atoms with Gasteiger partial charge in [-0.2, -0.15) is 0 Å². The zero-order chi connectivity index (χ0) is 9.68. The standard InChI is InChI=1S/C8H18N4O/c1-3-7-6-12(4-5-13-7)8(10-2)11-9/h7H,3-6,9H2,1-2H3,(H,10,11). The maximum absolute atomic E-state index is 5.53. The Labute approximate surface area is 78.9 Å². The van der Waals surface area contributed by atoms with Crippen molar-refractivity contribution < 1.29 is 4.74 Å². The highest BCUT2D eigenvalue weighted by molar-refractivity contribution is 5.79. The molecule has 1 saturated heterocycles. The first kappa shape index (κ1) is 10.3. The molecule has 5 heteroatoms. The molecule has 1 unspecified atom stereocenters. The number of hydrogen-bond donors (Lipinski definition) is 2. The van der Waals surface area contributed by atoms with Gasteiger partial charge in [0.25, 0.3) is 0 Å². The average Bonchev–Trinajstić information content (AvgIpc) is 2.20. The van der Waals surface area contributed by atoms with Crippen molar-refractivity contribution in [2.24, 2.45) is 10.8 Å². The van der Waals surface area contributed by atoms with Gasteiger partial charge in [0.05, 0.1) is 12.7 Å². The second-order valence-corrected chi connectivity index (χ2v) is 3.04. The fourth-order valence-electron chi connectivity index (χ4n) is 1.46. The van der Waals surface area contributed by atoms with Crippen LogP contribution in [-0.4, -0.2) is 43.7 Å². The van der Waals surface area contributed by atoms with E-state index >= 15 is 0 Å². The Morgan fingerprint density at radius 3 is 3.08 bits per heavy atom. The van der Waals surface area contributed by atoms with Crippen LogP contribution in [0.4, 0.5) is 0 Å². The van der Waals surface area contributed by atoms with Crippen LogP contribution in [0.15, 0.2) is 4.99 Å². The first-order valence-corrected chi connectivity index (χ1v) is 4.61. The van der Waals surface area contributed by atoms with Gasteiger partial charge < -0.3 is 9.64 Å². The first-order valence-electron chi connectivity index (χ1n) is 4.61. The fraction of sp³-hybridized carbons (Fsp3) is 0.875. The number of nitrogens with two attached hydrogens (primary N) is 1. The van der Waals surface area contributed by atoms with Crippen molar-refractivity contribution in [1.82, 2.24) is 10.3 Å². The maximum Gasteiger partial charge on any atom is 0.208 e. The third kappa shape index (κ3) is 2.57. The van der Waals surface area contributed by atoms with Gasteiger partial charge in [0.2, 0.25) is 5.96 Å². The van der Waals surface area contributed by atoms with Crippen LogP contribution in [0.25, 0.3) is 0 Å². The summed E-state index contributed by atoms with van der Waals surface area (Å²) >= 11 is 0. The highest BCUT2D eigenvalue weighted by Gasteiger charge is 2.20. The van der Waals surface area contributed by atoms with Gasteiger partial charge in [-0.25, -0.2) is 5.84 Å². The van der Waals surface area contributed by atoms with Crippen LogP contribution < -0.4 is 11.3 Å². The Bertz CT molecular complexity index is 183. The van der Waals surface area contributed by atoms with E-state index in [-0.39, 0.29) is 0 Å². The molecule has 76 valence electrons. The molecule has 0 aliphatic carbocycles. The number of morpholine rings is 1. The normalized spacial score (nSPS) is 24.7.